The molecular formula is C22H25N3. The van der Waals surface area contributed by atoms with Crippen LogP contribution in [0.1, 0.15) is 46.8 Å². The molecule has 128 valence electrons. The molecule has 2 aromatic heterocycles. The van der Waals surface area contributed by atoms with E-state index in [0.29, 0.717) is 0 Å². The van der Waals surface area contributed by atoms with Gasteiger partial charge in [-0.1, -0.05) is 12.1 Å². The average Bonchev–Trinajstić information content (AvgIpc) is 2.80. The number of aromatic nitrogens is 2. The standard InChI is InChI=1S/C22H25N3/c1-15-2-3-17(13-23-15)5-4-16-6-7-21-19(12-16)20-14-25-10-8-18(9-11-25)22(20)24-21/h2-3,6-7,12-13,18,24H,4-5,8-11,14H2,1H3. The number of hydrogen-bond donors (Lipinski definition) is 1. The molecule has 1 N–H and O–H groups in total. The summed E-state index contributed by atoms with van der Waals surface area (Å²) in [5.41, 5.74) is 8.25. The molecule has 3 aliphatic rings. The Kier molecular flexibility index (Phi) is 3.63. The normalized spacial score (nSPS) is 22.1. The molecule has 6 rings (SSSR count). The predicted octanol–water partition coefficient (Wildman–Crippen LogP) is 4.35. The molecule has 1 fully saturated rings. The average molecular weight is 331 g/mol. The highest BCUT2D eigenvalue weighted by Gasteiger charge is 2.30. The zero-order chi connectivity index (χ0) is 16.8. The van der Waals surface area contributed by atoms with Crippen molar-refractivity contribution in [3.05, 3.63) is 64.6 Å². The Labute approximate surface area is 149 Å². The lowest BCUT2D eigenvalue weighted by Gasteiger charge is -2.26. The van der Waals surface area contributed by atoms with Crippen molar-refractivity contribution in [1.29, 1.82) is 0 Å². The second kappa shape index (κ2) is 5.99. The maximum Gasteiger partial charge on any atom is 0.0459 e. The van der Waals surface area contributed by atoms with E-state index >= 15 is 0 Å². The van der Waals surface area contributed by atoms with Crippen LogP contribution >= 0.6 is 0 Å². The van der Waals surface area contributed by atoms with E-state index in [9.17, 15) is 0 Å². The summed E-state index contributed by atoms with van der Waals surface area (Å²) in [5, 5.41) is 1.45. The Balaban J connectivity index is 1.44. The molecule has 3 aromatic rings. The van der Waals surface area contributed by atoms with E-state index in [4.69, 9.17) is 0 Å². The summed E-state index contributed by atoms with van der Waals surface area (Å²) in [5.74, 6) is 0.739. The summed E-state index contributed by atoms with van der Waals surface area (Å²) in [7, 11) is 0. The monoisotopic (exact) mass is 331 g/mol. The molecule has 1 aromatic carbocycles. The number of hydrogen-bond acceptors (Lipinski definition) is 2. The molecule has 0 amide bonds. The molecule has 0 spiro atoms. The van der Waals surface area contributed by atoms with Gasteiger partial charge < -0.3 is 4.98 Å². The lowest BCUT2D eigenvalue weighted by molar-refractivity contribution is 0.220. The summed E-state index contributed by atoms with van der Waals surface area (Å²) in [6.45, 7) is 5.68. The highest BCUT2D eigenvalue weighted by molar-refractivity contribution is 5.85. The third-order valence-electron chi connectivity index (χ3n) is 6.06. The molecule has 25 heavy (non-hydrogen) atoms. The molecule has 2 bridgehead atoms. The molecular weight excluding hydrogens is 306 g/mol. The van der Waals surface area contributed by atoms with Crippen molar-refractivity contribution in [2.24, 2.45) is 0 Å². The van der Waals surface area contributed by atoms with Gasteiger partial charge in [0.2, 0.25) is 0 Å². The zero-order valence-corrected chi connectivity index (χ0v) is 14.9. The number of pyridine rings is 1. The number of nitrogens with zero attached hydrogens (tertiary/aromatic N) is 2. The second-order valence-corrected chi connectivity index (χ2v) is 7.76. The van der Waals surface area contributed by atoms with Crippen molar-refractivity contribution < 1.29 is 0 Å². The molecule has 1 saturated heterocycles. The fourth-order valence-electron chi connectivity index (χ4n) is 4.53. The molecule has 0 aliphatic carbocycles. The number of benzene rings is 1. The van der Waals surface area contributed by atoms with Crippen LogP contribution < -0.4 is 0 Å². The smallest absolute Gasteiger partial charge is 0.0459 e. The van der Waals surface area contributed by atoms with Gasteiger partial charge in [0.1, 0.15) is 0 Å². The third-order valence-corrected chi connectivity index (χ3v) is 6.06. The number of H-pyrrole nitrogens is 1. The van der Waals surface area contributed by atoms with Gasteiger partial charge in [0, 0.05) is 41.0 Å². The number of rotatable bonds is 3. The summed E-state index contributed by atoms with van der Waals surface area (Å²) < 4.78 is 0. The van der Waals surface area contributed by atoms with E-state index in [1.54, 1.807) is 5.56 Å². The minimum Gasteiger partial charge on any atom is -0.358 e. The van der Waals surface area contributed by atoms with E-state index in [1.807, 2.05) is 13.1 Å². The molecule has 3 heteroatoms. The van der Waals surface area contributed by atoms with Crippen molar-refractivity contribution in [2.45, 2.75) is 45.1 Å². The molecule has 0 unspecified atom stereocenters. The van der Waals surface area contributed by atoms with Crippen molar-refractivity contribution in [2.75, 3.05) is 13.1 Å². The first-order valence-electron chi connectivity index (χ1n) is 9.53. The number of piperidine rings is 1. The summed E-state index contributed by atoms with van der Waals surface area (Å²) in [6, 6.07) is 11.3. The fourth-order valence-corrected chi connectivity index (χ4v) is 4.53. The van der Waals surface area contributed by atoms with Gasteiger partial charge in [0.25, 0.3) is 0 Å². The van der Waals surface area contributed by atoms with E-state index in [0.717, 1.165) is 31.0 Å². The van der Waals surface area contributed by atoms with Crippen LogP contribution in [0.5, 0.6) is 0 Å². The second-order valence-electron chi connectivity index (χ2n) is 7.76. The van der Waals surface area contributed by atoms with Crippen LogP contribution in [0.25, 0.3) is 10.9 Å². The van der Waals surface area contributed by atoms with Crippen molar-refractivity contribution in [3.63, 3.8) is 0 Å². The van der Waals surface area contributed by atoms with Gasteiger partial charge in [-0.3, -0.25) is 9.88 Å². The third kappa shape index (κ3) is 2.77. The minimum atomic E-state index is 0.739. The van der Waals surface area contributed by atoms with Gasteiger partial charge in [0.05, 0.1) is 0 Å². The van der Waals surface area contributed by atoms with Gasteiger partial charge in [-0.15, -0.1) is 0 Å². The van der Waals surface area contributed by atoms with Crippen molar-refractivity contribution in [3.8, 4) is 0 Å². The van der Waals surface area contributed by atoms with E-state index in [1.165, 1.54) is 53.7 Å². The predicted molar refractivity (Wildman–Crippen MR) is 102 cm³/mol. The Morgan fingerprint density at radius 2 is 1.88 bits per heavy atom. The summed E-state index contributed by atoms with van der Waals surface area (Å²) >= 11 is 0. The Bertz CT molecular complexity index is 899. The molecule has 0 radical (unpaired) electrons. The summed E-state index contributed by atoms with van der Waals surface area (Å²) in [4.78, 5) is 10.8. The largest absolute Gasteiger partial charge is 0.358 e. The molecule has 0 atom stereocenters. The van der Waals surface area contributed by atoms with Gasteiger partial charge >= 0.3 is 0 Å². The molecule has 3 nitrogen and oxygen atoms in total. The van der Waals surface area contributed by atoms with E-state index in [2.05, 4.69) is 45.2 Å². The van der Waals surface area contributed by atoms with Gasteiger partial charge in [-0.05, 0) is 80.6 Å². The lowest BCUT2D eigenvalue weighted by atomic mass is 9.94. The fraction of sp³-hybridized carbons (Fsp3) is 0.409. The zero-order valence-electron chi connectivity index (χ0n) is 14.9. The SMILES string of the molecule is Cc1ccc(CCc2ccc3[nH]c4c(c3c2)CN2CCC4CC2)cn1. The van der Waals surface area contributed by atoms with E-state index < -0.39 is 0 Å². The number of aryl methyl sites for hydroxylation is 3. The van der Waals surface area contributed by atoms with Gasteiger partial charge in [-0.25, -0.2) is 0 Å². The van der Waals surface area contributed by atoms with E-state index in [-0.39, 0.29) is 0 Å². The van der Waals surface area contributed by atoms with Crippen LogP contribution in [0.3, 0.4) is 0 Å². The van der Waals surface area contributed by atoms with Crippen LogP contribution in [0.4, 0.5) is 0 Å². The quantitative estimate of drug-likeness (QED) is 0.774. The maximum absolute atomic E-state index is 4.41. The first kappa shape index (κ1) is 15.2. The number of fused-ring (bicyclic) bond motifs is 3. The van der Waals surface area contributed by atoms with Crippen LogP contribution in [0.2, 0.25) is 0 Å². The number of aromatic amines is 1. The first-order valence-corrected chi connectivity index (χ1v) is 9.53. The minimum absolute atomic E-state index is 0.739. The van der Waals surface area contributed by atoms with Crippen molar-refractivity contribution >= 4 is 10.9 Å². The highest BCUT2D eigenvalue weighted by Crippen LogP contribution is 2.38. The lowest BCUT2D eigenvalue weighted by Crippen LogP contribution is -2.28. The van der Waals surface area contributed by atoms with Crippen LogP contribution in [-0.4, -0.2) is 28.0 Å². The number of nitrogens with one attached hydrogen (secondary N) is 1. The van der Waals surface area contributed by atoms with Gasteiger partial charge in [-0.2, -0.15) is 0 Å². The van der Waals surface area contributed by atoms with Crippen LogP contribution in [0.15, 0.2) is 36.5 Å². The molecule has 5 heterocycles. The highest BCUT2D eigenvalue weighted by atomic mass is 15.1. The Morgan fingerprint density at radius 3 is 2.68 bits per heavy atom. The topological polar surface area (TPSA) is 31.9 Å². The Hall–Kier alpha value is -2.13. The van der Waals surface area contributed by atoms with Crippen LogP contribution in [0, 0.1) is 6.92 Å². The first-order chi connectivity index (χ1) is 12.3. The van der Waals surface area contributed by atoms with Crippen LogP contribution in [-0.2, 0) is 19.4 Å². The maximum atomic E-state index is 4.41. The Morgan fingerprint density at radius 1 is 1.08 bits per heavy atom. The van der Waals surface area contributed by atoms with Gasteiger partial charge in [0.15, 0.2) is 0 Å². The molecule has 3 aliphatic heterocycles. The summed E-state index contributed by atoms with van der Waals surface area (Å²) in [6.07, 6.45) is 6.77. The molecule has 0 saturated carbocycles. The van der Waals surface area contributed by atoms with Crippen molar-refractivity contribution in [1.82, 2.24) is 14.9 Å².